The number of aromatic amines is 1. The predicted octanol–water partition coefficient (Wildman–Crippen LogP) is -0.367. The van der Waals surface area contributed by atoms with Crippen LogP contribution < -0.4 is 0 Å². The van der Waals surface area contributed by atoms with Crippen LogP contribution in [0, 0.1) is 0 Å². The van der Waals surface area contributed by atoms with Gasteiger partial charge in [0.15, 0.2) is 5.65 Å². The molecule has 0 aliphatic rings. The summed E-state index contributed by atoms with van der Waals surface area (Å²) in [4.78, 5) is 0. The Morgan fingerprint density at radius 2 is 2.00 bits per heavy atom. The van der Waals surface area contributed by atoms with Gasteiger partial charge in [0.05, 0.1) is 0 Å². The topological polar surface area (TPSA) is 129 Å². The molecule has 1 aromatic carbocycles. The minimum atomic E-state index is 0. The molecule has 0 radical (unpaired) electrons. The molecule has 4 aromatic rings. The molecule has 0 fully saturated rings. The molecule has 3 heterocycles. The highest BCUT2D eigenvalue weighted by Crippen LogP contribution is 2.23. The molecule has 4 rings (SSSR count). The minimum absolute atomic E-state index is 0. The summed E-state index contributed by atoms with van der Waals surface area (Å²) in [5.41, 5.74) is 1.37. The van der Waals surface area contributed by atoms with Crippen LogP contribution in [0.1, 0.15) is 0 Å². The molecular weight excluding hydrogens is 248 g/mol. The molecule has 0 spiro atoms. The first-order valence-electron chi connectivity index (χ1n) is 5.27. The van der Waals surface area contributed by atoms with Gasteiger partial charge < -0.3 is 5.48 Å². The number of nitrogens with one attached hydrogen (secondary N) is 1. The van der Waals surface area contributed by atoms with Crippen LogP contribution >= 0.6 is 0 Å². The predicted molar refractivity (Wildman–Crippen MR) is 65.1 cm³/mol. The Morgan fingerprint density at radius 1 is 1.11 bits per heavy atom. The lowest BCUT2D eigenvalue weighted by atomic mass is 10.1. The standard InChI is InChI=1S/C10H6N8.H2O/c1-2-4-7-6(3-1)5-8(9-11-14-15-12-9)18-10(7)13-16-17-18;/h1-5H,(H,11,12,14,15);1H2. The number of nitrogens with zero attached hydrogens (tertiary/aromatic N) is 7. The van der Waals surface area contributed by atoms with Crippen molar-refractivity contribution in [2.24, 2.45) is 0 Å². The largest absolute Gasteiger partial charge is 0.412 e. The van der Waals surface area contributed by atoms with E-state index in [0.717, 1.165) is 10.8 Å². The number of H-pyrrole nitrogens is 1. The highest BCUT2D eigenvalue weighted by atomic mass is 16.0. The smallest absolute Gasteiger partial charge is 0.223 e. The van der Waals surface area contributed by atoms with E-state index in [-0.39, 0.29) is 5.48 Å². The van der Waals surface area contributed by atoms with Crippen molar-refractivity contribution in [1.29, 1.82) is 0 Å². The molecule has 0 aliphatic carbocycles. The molecule has 3 aromatic heterocycles. The summed E-state index contributed by atoms with van der Waals surface area (Å²) in [7, 11) is 0. The van der Waals surface area contributed by atoms with Gasteiger partial charge in [-0.1, -0.05) is 24.3 Å². The molecule has 0 unspecified atom stereocenters. The van der Waals surface area contributed by atoms with Gasteiger partial charge in [0.25, 0.3) is 0 Å². The van der Waals surface area contributed by atoms with E-state index >= 15 is 0 Å². The lowest BCUT2D eigenvalue weighted by Gasteiger charge is -2.02. The third-order valence-electron chi connectivity index (χ3n) is 2.77. The Kier molecular flexibility index (Phi) is 2.39. The molecule has 3 N–H and O–H groups in total. The SMILES string of the molecule is O.c1ccc2c(c1)cc(-c1nn[nH]n1)n1nnnc21. The maximum absolute atomic E-state index is 4.03. The van der Waals surface area contributed by atoms with Crippen LogP contribution in [0.4, 0.5) is 0 Å². The number of pyridine rings is 1. The number of fused-ring (bicyclic) bond motifs is 3. The zero-order valence-corrected chi connectivity index (χ0v) is 9.52. The van der Waals surface area contributed by atoms with E-state index in [2.05, 4.69) is 36.1 Å². The lowest BCUT2D eigenvalue weighted by Crippen LogP contribution is -1.97. The number of hydrogen-bond acceptors (Lipinski definition) is 6. The second kappa shape index (κ2) is 4.07. The fourth-order valence-corrected chi connectivity index (χ4v) is 1.98. The number of tetrazole rings is 2. The number of hydrogen-bond donors (Lipinski definition) is 1. The van der Waals surface area contributed by atoms with Crippen LogP contribution in [-0.2, 0) is 0 Å². The Morgan fingerprint density at radius 3 is 2.84 bits per heavy atom. The van der Waals surface area contributed by atoms with Crippen LogP contribution in [0.15, 0.2) is 30.3 Å². The van der Waals surface area contributed by atoms with Crippen LogP contribution in [0.3, 0.4) is 0 Å². The Labute approximate surface area is 105 Å². The summed E-state index contributed by atoms with van der Waals surface area (Å²) < 4.78 is 1.60. The maximum Gasteiger partial charge on any atom is 0.223 e. The molecule has 9 nitrogen and oxygen atoms in total. The zero-order chi connectivity index (χ0) is 11.9. The molecule has 0 bridgehead atoms. The van der Waals surface area contributed by atoms with E-state index in [1.54, 1.807) is 4.52 Å². The van der Waals surface area contributed by atoms with Gasteiger partial charge in [-0.2, -0.15) is 9.73 Å². The molecule has 0 aliphatic heterocycles. The highest BCUT2D eigenvalue weighted by Gasteiger charge is 2.13. The average Bonchev–Trinajstić information content (AvgIpc) is 3.09. The van der Waals surface area contributed by atoms with E-state index in [9.17, 15) is 0 Å². The highest BCUT2D eigenvalue weighted by molar-refractivity contribution is 5.95. The monoisotopic (exact) mass is 256 g/mol. The first kappa shape index (κ1) is 11.2. The van der Waals surface area contributed by atoms with Gasteiger partial charge >= 0.3 is 0 Å². The van der Waals surface area contributed by atoms with Crippen molar-refractivity contribution >= 4 is 16.4 Å². The minimum Gasteiger partial charge on any atom is -0.412 e. The summed E-state index contributed by atoms with van der Waals surface area (Å²) >= 11 is 0. The second-order valence-electron chi connectivity index (χ2n) is 3.77. The van der Waals surface area contributed by atoms with E-state index in [0.29, 0.717) is 17.2 Å². The summed E-state index contributed by atoms with van der Waals surface area (Å²) in [6.07, 6.45) is 0. The number of rotatable bonds is 1. The molecule has 0 saturated carbocycles. The summed E-state index contributed by atoms with van der Waals surface area (Å²) in [6, 6.07) is 9.81. The van der Waals surface area contributed by atoms with Crippen LogP contribution in [0.5, 0.6) is 0 Å². The van der Waals surface area contributed by atoms with Crippen LogP contribution in [0.25, 0.3) is 27.9 Å². The summed E-state index contributed by atoms with van der Waals surface area (Å²) in [5, 5.41) is 27.6. The fourth-order valence-electron chi connectivity index (χ4n) is 1.98. The summed E-state index contributed by atoms with van der Waals surface area (Å²) in [6.45, 7) is 0. The van der Waals surface area contributed by atoms with Crippen molar-refractivity contribution < 1.29 is 5.48 Å². The van der Waals surface area contributed by atoms with Crippen molar-refractivity contribution in [2.75, 3.05) is 0 Å². The molecule has 0 saturated heterocycles. The van der Waals surface area contributed by atoms with Gasteiger partial charge in [0, 0.05) is 5.39 Å². The third-order valence-corrected chi connectivity index (χ3v) is 2.77. The molecule has 0 amide bonds. The van der Waals surface area contributed by atoms with Crippen molar-refractivity contribution in [2.45, 2.75) is 0 Å². The average molecular weight is 256 g/mol. The fraction of sp³-hybridized carbons (Fsp3) is 0. The lowest BCUT2D eigenvalue weighted by molar-refractivity contribution is 0.824. The Hall–Kier alpha value is -2.94. The van der Waals surface area contributed by atoms with Gasteiger partial charge in [0.1, 0.15) is 5.69 Å². The molecular formula is C10H8N8O. The zero-order valence-electron chi connectivity index (χ0n) is 9.52. The van der Waals surface area contributed by atoms with Gasteiger partial charge in [-0.25, -0.2) is 0 Å². The molecule has 19 heavy (non-hydrogen) atoms. The first-order valence-corrected chi connectivity index (χ1v) is 5.27. The van der Waals surface area contributed by atoms with Gasteiger partial charge in [-0.15, -0.1) is 15.3 Å². The third kappa shape index (κ3) is 1.52. The van der Waals surface area contributed by atoms with E-state index < -0.39 is 0 Å². The van der Waals surface area contributed by atoms with Crippen LogP contribution in [-0.4, -0.2) is 46.1 Å². The summed E-state index contributed by atoms with van der Waals surface area (Å²) in [5.74, 6) is 0.457. The second-order valence-corrected chi connectivity index (χ2v) is 3.77. The molecule has 0 atom stereocenters. The Balaban J connectivity index is 0.00000110. The van der Waals surface area contributed by atoms with E-state index in [1.165, 1.54) is 0 Å². The van der Waals surface area contributed by atoms with Gasteiger partial charge in [0.2, 0.25) is 5.82 Å². The van der Waals surface area contributed by atoms with Crippen LogP contribution in [0.2, 0.25) is 0 Å². The normalized spacial score (nSPS) is 10.7. The van der Waals surface area contributed by atoms with E-state index in [1.807, 2.05) is 30.3 Å². The molecule has 9 heteroatoms. The number of benzene rings is 1. The Bertz CT molecular complexity index is 837. The van der Waals surface area contributed by atoms with E-state index in [4.69, 9.17) is 0 Å². The van der Waals surface area contributed by atoms with Crippen molar-refractivity contribution in [1.82, 2.24) is 40.7 Å². The van der Waals surface area contributed by atoms with Gasteiger partial charge in [-0.3, -0.25) is 0 Å². The van der Waals surface area contributed by atoms with Gasteiger partial charge in [-0.05, 0) is 27.1 Å². The van der Waals surface area contributed by atoms with Crippen molar-refractivity contribution in [3.63, 3.8) is 0 Å². The maximum atomic E-state index is 4.03. The molecule has 94 valence electrons. The van der Waals surface area contributed by atoms with Crippen molar-refractivity contribution in [3.8, 4) is 11.5 Å². The van der Waals surface area contributed by atoms with Crippen molar-refractivity contribution in [3.05, 3.63) is 30.3 Å². The number of aromatic nitrogens is 8. The first-order chi connectivity index (χ1) is 8.93. The quantitative estimate of drug-likeness (QED) is 0.494.